The normalized spacial score (nSPS) is 20.7. The maximum atomic E-state index is 12.6. The minimum absolute atomic E-state index is 0.218. The third kappa shape index (κ3) is 2.65. The number of carboxylic acids is 1. The number of carboxylic acid groups (broad SMARTS) is 1. The van der Waals surface area contributed by atoms with Crippen molar-refractivity contribution in [3.8, 4) is 0 Å². The van der Waals surface area contributed by atoms with Gasteiger partial charge in [-0.05, 0) is 25.6 Å². The molecule has 1 aliphatic heterocycles. The predicted molar refractivity (Wildman–Crippen MR) is 92.0 cm³/mol. The lowest BCUT2D eigenvalue weighted by atomic mass is 10.0. The molecule has 1 fully saturated rings. The van der Waals surface area contributed by atoms with Crippen molar-refractivity contribution in [3.05, 3.63) is 40.1 Å². The van der Waals surface area contributed by atoms with E-state index in [-0.39, 0.29) is 5.56 Å². The van der Waals surface area contributed by atoms with Crippen LogP contribution in [-0.2, 0) is 4.74 Å². The number of likely N-dealkylation sites (N-methyl/N-ethyl adjacent to an activating group) is 1. The van der Waals surface area contributed by atoms with Crippen LogP contribution in [0.2, 0.25) is 0 Å². The second-order valence-electron chi connectivity index (χ2n) is 6.12. The molecule has 1 aliphatic rings. The first-order valence-electron chi connectivity index (χ1n) is 7.84. The number of rotatable bonds is 5. The van der Waals surface area contributed by atoms with Crippen LogP contribution in [0, 0.1) is 0 Å². The monoisotopic (exact) mass is 331 g/mol. The summed E-state index contributed by atoms with van der Waals surface area (Å²) in [7, 11) is 3.51. The summed E-state index contributed by atoms with van der Waals surface area (Å²) in [5.74, 6) is -0.873. The maximum absolute atomic E-state index is 12.6. The Morgan fingerprint density at radius 2 is 2.21 bits per heavy atom. The molecule has 1 saturated heterocycles. The van der Waals surface area contributed by atoms with Gasteiger partial charge in [-0.15, -0.1) is 0 Å². The van der Waals surface area contributed by atoms with Gasteiger partial charge in [0.1, 0.15) is 11.4 Å². The van der Waals surface area contributed by atoms with E-state index in [9.17, 15) is 14.7 Å². The molecule has 0 spiro atoms. The number of hydrogen-bond donors (Lipinski definition) is 3. The quantitative estimate of drug-likeness (QED) is 0.758. The number of aromatic carboxylic acids is 1. The molecule has 1 aromatic heterocycles. The molecular weight excluding hydrogens is 310 g/mol. The number of anilines is 1. The minimum atomic E-state index is -1.22. The molecule has 0 radical (unpaired) electrons. The van der Waals surface area contributed by atoms with Crippen molar-refractivity contribution in [2.45, 2.75) is 12.0 Å². The molecule has 1 unspecified atom stereocenters. The van der Waals surface area contributed by atoms with Crippen LogP contribution in [0.25, 0.3) is 10.9 Å². The lowest BCUT2D eigenvalue weighted by Gasteiger charge is -2.28. The lowest BCUT2D eigenvalue weighted by molar-refractivity contribution is 0.0111. The number of para-hydroxylation sites is 1. The summed E-state index contributed by atoms with van der Waals surface area (Å²) < 4.78 is 5.67. The molecule has 24 heavy (non-hydrogen) atoms. The first kappa shape index (κ1) is 16.5. The zero-order valence-corrected chi connectivity index (χ0v) is 13.8. The highest BCUT2D eigenvalue weighted by Crippen LogP contribution is 2.30. The molecule has 0 aliphatic carbocycles. The van der Waals surface area contributed by atoms with Crippen molar-refractivity contribution >= 4 is 22.7 Å². The fraction of sp³-hybridized carbons (Fsp3) is 0.412. The third-order valence-corrected chi connectivity index (χ3v) is 4.67. The molecule has 2 aromatic rings. The first-order valence-corrected chi connectivity index (χ1v) is 7.84. The van der Waals surface area contributed by atoms with Crippen molar-refractivity contribution in [3.63, 3.8) is 0 Å². The molecule has 128 valence electrons. The van der Waals surface area contributed by atoms with Crippen LogP contribution >= 0.6 is 0 Å². The zero-order valence-electron chi connectivity index (χ0n) is 13.8. The van der Waals surface area contributed by atoms with E-state index >= 15 is 0 Å². The Labute approximate surface area is 139 Å². The van der Waals surface area contributed by atoms with Gasteiger partial charge in [0.05, 0.1) is 11.1 Å². The number of aromatic amines is 1. The van der Waals surface area contributed by atoms with Gasteiger partial charge in [0.25, 0.3) is 0 Å². The van der Waals surface area contributed by atoms with Gasteiger partial charge in [0.2, 0.25) is 5.43 Å². The highest BCUT2D eigenvalue weighted by molar-refractivity contribution is 5.98. The largest absolute Gasteiger partial charge is 0.477 e. The van der Waals surface area contributed by atoms with E-state index < -0.39 is 17.0 Å². The van der Waals surface area contributed by atoms with E-state index in [0.29, 0.717) is 36.4 Å². The molecule has 1 atom stereocenters. The average Bonchev–Trinajstić information content (AvgIpc) is 2.99. The van der Waals surface area contributed by atoms with Crippen LogP contribution < -0.4 is 15.6 Å². The van der Waals surface area contributed by atoms with Crippen LogP contribution in [0.5, 0.6) is 0 Å². The number of ether oxygens (including phenoxy) is 1. The Hall–Kier alpha value is -2.38. The highest BCUT2D eigenvalue weighted by Gasteiger charge is 2.39. The molecular formula is C17H21N3O4. The molecule has 1 aromatic carbocycles. The number of aromatic nitrogens is 1. The number of nitrogens with zero attached hydrogens (tertiary/aromatic N) is 1. The van der Waals surface area contributed by atoms with E-state index in [4.69, 9.17) is 4.74 Å². The van der Waals surface area contributed by atoms with E-state index in [2.05, 4.69) is 10.3 Å². The Balaban J connectivity index is 2.11. The van der Waals surface area contributed by atoms with Gasteiger partial charge in [0, 0.05) is 32.1 Å². The summed E-state index contributed by atoms with van der Waals surface area (Å²) in [4.78, 5) is 29.4. The summed E-state index contributed by atoms with van der Waals surface area (Å²) in [6, 6.07) is 6.95. The number of pyridine rings is 1. The highest BCUT2D eigenvalue weighted by atomic mass is 16.5. The summed E-state index contributed by atoms with van der Waals surface area (Å²) in [6.45, 7) is 1.78. The molecule has 3 N–H and O–H groups in total. The average molecular weight is 331 g/mol. The van der Waals surface area contributed by atoms with Crippen molar-refractivity contribution in [2.75, 3.05) is 38.7 Å². The molecule has 2 heterocycles. The molecule has 3 rings (SSSR count). The van der Waals surface area contributed by atoms with Gasteiger partial charge in [-0.2, -0.15) is 0 Å². The fourth-order valence-corrected chi connectivity index (χ4v) is 3.40. The summed E-state index contributed by atoms with van der Waals surface area (Å²) >= 11 is 0. The predicted octanol–water partition coefficient (Wildman–Crippen LogP) is 1.04. The number of benzene rings is 1. The number of H-pyrrole nitrogens is 1. The van der Waals surface area contributed by atoms with Gasteiger partial charge in [-0.1, -0.05) is 12.1 Å². The lowest BCUT2D eigenvalue weighted by Crippen LogP contribution is -2.44. The van der Waals surface area contributed by atoms with Crippen molar-refractivity contribution in [2.24, 2.45) is 0 Å². The number of fused-ring (bicyclic) bond motifs is 1. The van der Waals surface area contributed by atoms with Gasteiger partial charge in [-0.25, -0.2) is 4.79 Å². The Morgan fingerprint density at radius 1 is 1.46 bits per heavy atom. The van der Waals surface area contributed by atoms with Crippen LogP contribution in [-0.4, -0.2) is 55.5 Å². The topological polar surface area (TPSA) is 94.7 Å². The fourth-order valence-electron chi connectivity index (χ4n) is 3.40. The molecule has 7 heteroatoms. The van der Waals surface area contributed by atoms with Crippen molar-refractivity contribution in [1.29, 1.82) is 0 Å². The number of carbonyl (C=O) groups is 1. The SMILES string of the molecule is CNCC1(OC)CCN(c2[nH]c3ccccc3c(=O)c2C(=O)O)C1. The second kappa shape index (κ2) is 6.26. The minimum Gasteiger partial charge on any atom is -0.477 e. The summed E-state index contributed by atoms with van der Waals surface area (Å²) in [5, 5.41) is 13.1. The third-order valence-electron chi connectivity index (χ3n) is 4.67. The van der Waals surface area contributed by atoms with E-state index in [1.807, 2.05) is 18.0 Å². The smallest absolute Gasteiger partial charge is 0.343 e. The molecule has 0 amide bonds. The van der Waals surface area contributed by atoms with Crippen LogP contribution in [0.3, 0.4) is 0 Å². The number of hydrogen-bond acceptors (Lipinski definition) is 5. The van der Waals surface area contributed by atoms with Crippen LogP contribution in [0.4, 0.5) is 5.82 Å². The van der Waals surface area contributed by atoms with Crippen LogP contribution in [0.1, 0.15) is 16.8 Å². The molecule has 0 bridgehead atoms. The Kier molecular flexibility index (Phi) is 4.29. The van der Waals surface area contributed by atoms with Crippen molar-refractivity contribution in [1.82, 2.24) is 10.3 Å². The second-order valence-corrected chi connectivity index (χ2v) is 6.12. The van der Waals surface area contributed by atoms with Gasteiger partial charge >= 0.3 is 5.97 Å². The van der Waals surface area contributed by atoms with Crippen LogP contribution in [0.15, 0.2) is 29.1 Å². The van der Waals surface area contributed by atoms with Gasteiger partial charge < -0.3 is 25.0 Å². The van der Waals surface area contributed by atoms with E-state index in [1.54, 1.807) is 25.3 Å². The standard InChI is InChI=1S/C17H21N3O4/c1-18-9-17(24-2)7-8-20(10-17)15-13(16(22)23)14(21)11-5-3-4-6-12(11)19-15/h3-6,18H,7-10H2,1-2H3,(H,19,21)(H,22,23). The van der Waals surface area contributed by atoms with Gasteiger partial charge in [-0.3, -0.25) is 4.79 Å². The first-order chi connectivity index (χ1) is 11.5. The number of methoxy groups -OCH3 is 1. The van der Waals surface area contributed by atoms with E-state index in [1.165, 1.54) is 0 Å². The Bertz CT molecular complexity index is 832. The van der Waals surface area contributed by atoms with Crippen molar-refractivity contribution < 1.29 is 14.6 Å². The summed E-state index contributed by atoms with van der Waals surface area (Å²) in [6.07, 6.45) is 0.748. The molecule has 0 saturated carbocycles. The summed E-state index contributed by atoms with van der Waals surface area (Å²) in [5.41, 5.74) is -0.445. The maximum Gasteiger partial charge on any atom is 0.343 e. The zero-order chi connectivity index (χ0) is 17.3. The van der Waals surface area contributed by atoms with Gasteiger partial charge in [0.15, 0.2) is 0 Å². The molecule has 7 nitrogen and oxygen atoms in total. The van der Waals surface area contributed by atoms with E-state index in [0.717, 1.165) is 6.42 Å². The Morgan fingerprint density at radius 3 is 2.88 bits per heavy atom. The number of nitrogens with one attached hydrogen (secondary N) is 2.